The number of aliphatic hydroxyl groups is 1. The molecule has 286 valence electrons. The third kappa shape index (κ3) is 8.50. The zero-order valence-electron chi connectivity index (χ0n) is 30.8. The molecule has 3 aliphatic rings. The molecular weight excluding hydrogens is 678 g/mol. The molecule has 53 heavy (non-hydrogen) atoms. The number of nitrogens with zero attached hydrogens (tertiary/aromatic N) is 2. The van der Waals surface area contributed by atoms with Gasteiger partial charge in [0, 0.05) is 38.9 Å². The summed E-state index contributed by atoms with van der Waals surface area (Å²) in [5.41, 5.74) is 0.0204. The number of ether oxygens (including phenoxy) is 4. The number of carbonyl (C=O) groups excluding carboxylic acids is 4. The van der Waals surface area contributed by atoms with Crippen molar-refractivity contribution in [2.75, 3.05) is 45.4 Å². The number of anilines is 1. The summed E-state index contributed by atoms with van der Waals surface area (Å²) >= 11 is 0. The van der Waals surface area contributed by atoms with E-state index in [1.165, 1.54) is 7.11 Å². The third-order valence-electron chi connectivity index (χ3n) is 10.6. The SMILES string of the molecule is C=CCCC(=O)N[C@H](COC)[C@H](OC(=O)[C@@H]1[C@H]2C(=O)N(CCCCCCO)[C@H](C(=O)N(CC=C)c3ccc(OC)cc3)[C@]23CC[C@H]1O3)c1ccccc1. The van der Waals surface area contributed by atoms with E-state index in [-0.39, 0.29) is 43.9 Å². The normalized spacial score (nSPS) is 23.9. The molecule has 12 heteroatoms. The van der Waals surface area contributed by atoms with Gasteiger partial charge in [-0.2, -0.15) is 0 Å². The molecule has 2 bridgehead atoms. The fourth-order valence-corrected chi connectivity index (χ4v) is 8.18. The van der Waals surface area contributed by atoms with Gasteiger partial charge in [-0.05, 0) is 61.9 Å². The summed E-state index contributed by atoms with van der Waals surface area (Å²) in [5.74, 6) is -2.78. The van der Waals surface area contributed by atoms with Crippen molar-refractivity contribution in [2.24, 2.45) is 11.8 Å². The molecule has 0 unspecified atom stereocenters. The van der Waals surface area contributed by atoms with Crippen LogP contribution >= 0.6 is 0 Å². The van der Waals surface area contributed by atoms with Crippen molar-refractivity contribution in [3.05, 3.63) is 85.5 Å². The monoisotopic (exact) mass is 731 g/mol. The smallest absolute Gasteiger partial charge is 0.313 e. The highest BCUT2D eigenvalue weighted by Gasteiger charge is 2.75. The topological polar surface area (TPSA) is 144 Å². The number of hydrogen-bond acceptors (Lipinski definition) is 9. The molecule has 2 aromatic rings. The average molecular weight is 732 g/mol. The quantitative estimate of drug-likeness (QED) is 0.108. The summed E-state index contributed by atoms with van der Waals surface area (Å²) in [5, 5.41) is 12.3. The minimum atomic E-state index is -1.24. The maximum Gasteiger partial charge on any atom is 0.313 e. The molecule has 5 rings (SSSR count). The van der Waals surface area contributed by atoms with E-state index < -0.39 is 47.7 Å². The summed E-state index contributed by atoms with van der Waals surface area (Å²) in [4.78, 5) is 60.1. The van der Waals surface area contributed by atoms with Gasteiger partial charge in [0.2, 0.25) is 11.8 Å². The molecule has 0 saturated carbocycles. The zero-order chi connectivity index (χ0) is 38.0. The van der Waals surface area contributed by atoms with Crippen LogP contribution in [0.4, 0.5) is 5.69 Å². The van der Waals surface area contributed by atoms with Crippen molar-refractivity contribution in [3.8, 4) is 5.75 Å². The second-order valence-electron chi connectivity index (χ2n) is 13.9. The van der Waals surface area contributed by atoms with Crippen LogP contribution in [0.25, 0.3) is 0 Å². The van der Waals surface area contributed by atoms with Gasteiger partial charge in [-0.15, -0.1) is 13.2 Å². The third-order valence-corrected chi connectivity index (χ3v) is 10.6. The Hall–Kier alpha value is -4.52. The molecular formula is C41H53N3O9. The Morgan fingerprint density at radius 3 is 2.45 bits per heavy atom. The Morgan fingerprint density at radius 1 is 1.06 bits per heavy atom. The maximum atomic E-state index is 14.8. The van der Waals surface area contributed by atoms with E-state index in [0.717, 1.165) is 12.8 Å². The Kier molecular flexibility index (Phi) is 13.8. The number of hydrogen-bond donors (Lipinski definition) is 2. The van der Waals surface area contributed by atoms with Crippen LogP contribution in [0.1, 0.15) is 63.0 Å². The van der Waals surface area contributed by atoms with Crippen LogP contribution in [0.15, 0.2) is 79.9 Å². The van der Waals surface area contributed by atoms with E-state index in [4.69, 9.17) is 18.9 Å². The maximum absolute atomic E-state index is 14.8. The van der Waals surface area contributed by atoms with Crippen molar-refractivity contribution in [1.29, 1.82) is 0 Å². The number of esters is 1. The summed E-state index contributed by atoms with van der Waals surface area (Å²) in [7, 11) is 3.08. The van der Waals surface area contributed by atoms with Gasteiger partial charge >= 0.3 is 5.97 Å². The zero-order valence-corrected chi connectivity index (χ0v) is 30.8. The Labute approximate surface area is 312 Å². The lowest BCUT2D eigenvalue weighted by Gasteiger charge is -2.37. The molecule has 1 spiro atoms. The number of aliphatic hydroxyl groups excluding tert-OH is 1. The summed E-state index contributed by atoms with van der Waals surface area (Å²) in [6, 6.07) is 14.5. The molecule has 3 fully saturated rings. The number of nitrogens with one attached hydrogen (secondary N) is 1. The first-order valence-electron chi connectivity index (χ1n) is 18.5. The molecule has 3 aliphatic heterocycles. The first-order chi connectivity index (χ1) is 25.7. The lowest BCUT2D eigenvalue weighted by molar-refractivity contribution is -0.163. The number of fused-ring (bicyclic) bond motifs is 1. The van der Waals surface area contributed by atoms with Crippen LogP contribution in [0, 0.1) is 11.8 Å². The van der Waals surface area contributed by atoms with Crippen LogP contribution in [0.5, 0.6) is 5.75 Å². The minimum absolute atomic E-state index is 0.0642. The van der Waals surface area contributed by atoms with Crippen LogP contribution in [-0.2, 0) is 33.4 Å². The summed E-state index contributed by atoms with van der Waals surface area (Å²) in [6.07, 6.45) is 6.11. The van der Waals surface area contributed by atoms with Crippen molar-refractivity contribution in [3.63, 3.8) is 0 Å². The number of methoxy groups -OCH3 is 2. The summed E-state index contributed by atoms with van der Waals surface area (Å²) in [6.45, 7) is 8.21. The van der Waals surface area contributed by atoms with Crippen LogP contribution < -0.4 is 15.0 Å². The minimum Gasteiger partial charge on any atom is -0.497 e. The van der Waals surface area contributed by atoms with Crippen molar-refractivity contribution >= 4 is 29.4 Å². The van der Waals surface area contributed by atoms with Gasteiger partial charge in [-0.25, -0.2) is 0 Å². The highest BCUT2D eigenvalue weighted by Crippen LogP contribution is 2.59. The Morgan fingerprint density at radius 2 is 1.79 bits per heavy atom. The number of rotatable bonds is 21. The van der Waals surface area contributed by atoms with Gasteiger partial charge in [0.1, 0.15) is 23.5 Å². The fourth-order valence-electron chi connectivity index (χ4n) is 8.18. The molecule has 0 radical (unpaired) electrons. The first-order valence-corrected chi connectivity index (χ1v) is 18.5. The number of likely N-dealkylation sites (tertiary alicyclic amines) is 1. The van der Waals surface area contributed by atoms with Crippen molar-refractivity contribution in [2.45, 2.75) is 81.3 Å². The highest BCUT2D eigenvalue weighted by atomic mass is 16.6. The van der Waals surface area contributed by atoms with Gasteiger partial charge in [0.25, 0.3) is 5.91 Å². The number of benzene rings is 2. The lowest BCUT2D eigenvalue weighted by Crippen LogP contribution is -2.56. The van der Waals surface area contributed by atoms with E-state index in [2.05, 4.69) is 18.5 Å². The molecule has 0 aromatic heterocycles. The van der Waals surface area contributed by atoms with Gasteiger partial charge in [-0.1, -0.05) is 55.3 Å². The van der Waals surface area contributed by atoms with Gasteiger partial charge in [-0.3, -0.25) is 19.2 Å². The number of amides is 3. The average Bonchev–Trinajstić information content (AvgIpc) is 3.82. The molecule has 3 saturated heterocycles. The van der Waals surface area contributed by atoms with E-state index in [1.807, 2.05) is 30.3 Å². The van der Waals surface area contributed by atoms with Crippen LogP contribution in [-0.4, -0.2) is 98.0 Å². The van der Waals surface area contributed by atoms with Crippen LogP contribution in [0.2, 0.25) is 0 Å². The van der Waals surface area contributed by atoms with E-state index in [9.17, 15) is 24.3 Å². The molecule has 3 amide bonds. The summed E-state index contributed by atoms with van der Waals surface area (Å²) < 4.78 is 23.9. The van der Waals surface area contributed by atoms with Gasteiger partial charge in [0.05, 0.1) is 37.7 Å². The fraction of sp³-hybridized carbons (Fsp3) is 0.512. The van der Waals surface area contributed by atoms with Crippen LogP contribution in [0.3, 0.4) is 0 Å². The Balaban J connectivity index is 1.48. The largest absolute Gasteiger partial charge is 0.497 e. The van der Waals surface area contributed by atoms with E-state index in [0.29, 0.717) is 55.6 Å². The predicted octanol–water partition coefficient (Wildman–Crippen LogP) is 4.52. The van der Waals surface area contributed by atoms with Gasteiger partial charge in [0.15, 0.2) is 0 Å². The van der Waals surface area contributed by atoms with Gasteiger partial charge < -0.3 is 39.2 Å². The Bertz CT molecular complexity index is 1580. The number of carbonyl (C=O) groups is 4. The van der Waals surface area contributed by atoms with Crippen molar-refractivity contribution in [1.82, 2.24) is 10.2 Å². The van der Waals surface area contributed by atoms with Crippen molar-refractivity contribution < 1.29 is 43.2 Å². The molecule has 2 N–H and O–H groups in total. The number of allylic oxidation sites excluding steroid dienone is 1. The lowest BCUT2D eigenvalue weighted by atomic mass is 9.70. The predicted molar refractivity (Wildman–Crippen MR) is 199 cm³/mol. The molecule has 0 aliphatic carbocycles. The standard InChI is InChI=1S/C41H53N3O9/c1-5-7-17-33(46)42-31(27-50-3)36(28-15-11-10-12-16-28)52-40(49)34-32-22-23-41(53-32)35(34)38(47)44(25-13-8-9-14-26-45)37(41)39(48)43(24-6-2)29-18-20-30(51-4)21-19-29/h5-6,10-12,15-16,18-21,31-32,34-37,45H,1-2,7-9,13-14,17,22-27H2,3-4H3,(H,42,46)/t31-,32-,34+,35+,36-,37-,41+/m1/s1. The first kappa shape index (κ1) is 39.7. The van der Waals surface area contributed by atoms with E-state index in [1.54, 1.807) is 53.3 Å². The number of unbranched alkanes of at least 4 members (excludes halogenated alkanes) is 3. The molecule has 3 heterocycles. The molecule has 2 aromatic carbocycles. The highest BCUT2D eigenvalue weighted by molar-refractivity contribution is 6.04. The second-order valence-corrected chi connectivity index (χ2v) is 13.9. The van der Waals surface area contributed by atoms with E-state index >= 15 is 0 Å². The molecule has 7 atom stereocenters. The second kappa shape index (κ2) is 18.5. The molecule has 12 nitrogen and oxygen atoms in total.